The number of nitrogens with zero attached hydrogens (tertiary/aromatic N) is 4. The van der Waals surface area contributed by atoms with Crippen LogP contribution in [0, 0.1) is 0 Å². The Morgan fingerprint density at radius 2 is 1.79 bits per heavy atom. The molecule has 2 heterocycles. The van der Waals surface area contributed by atoms with Crippen LogP contribution in [0.25, 0.3) is 0 Å². The number of aromatic nitrogens is 2. The molecule has 132 valence electrons. The quantitative estimate of drug-likeness (QED) is 0.619. The van der Waals surface area contributed by atoms with Crippen LogP contribution in [-0.4, -0.2) is 75.6 Å². The molecule has 1 aliphatic rings. The van der Waals surface area contributed by atoms with Gasteiger partial charge in [0.1, 0.15) is 0 Å². The molecule has 24 heavy (non-hydrogen) atoms. The second-order valence-corrected chi connectivity index (χ2v) is 7.72. The molecule has 0 unspecified atom stereocenters. The van der Waals surface area contributed by atoms with Crippen molar-refractivity contribution < 1.29 is 9.59 Å². The summed E-state index contributed by atoms with van der Waals surface area (Å²) in [6, 6.07) is 1.75. The summed E-state index contributed by atoms with van der Waals surface area (Å²) >= 11 is 1.35. The smallest absolute Gasteiger partial charge is 0.234 e. The van der Waals surface area contributed by atoms with Crippen molar-refractivity contribution in [2.45, 2.75) is 31.5 Å². The molecule has 0 atom stereocenters. The van der Waals surface area contributed by atoms with Gasteiger partial charge >= 0.3 is 0 Å². The zero-order chi connectivity index (χ0) is 17.6. The highest BCUT2D eigenvalue weighted by Gasteiger charge is 2.23. The van der Waals surface area contributed by atoms with E-state index in [9.17, 15) is 9.59 Å². The van der Waals surface area contributed by atoms with Crippen LogP contribution in [0.1, 0.15) is 20.8 Å². The third-order valence-corrected chi connectivity index (χ3v) is 4.33. The lowest BCUT2D eigenvalue weighted by Gasteiger charge is -2.34. The largest absolute Gasteiger partial charge is 0.350 e. The summed E-state index contributed by atoms with van der Waals surface area (Å²) in [6.07, 6.45) is 3.34. The zero-order valence-electron chi connectivity index (χ0n) is 14.5. The van der Waals surface area contributed by atoms with Crippen LogP contribution in [-0.2, 0) is 9.59 Å². The molecule has 1 aromatic heterocycles. The average Bonchev–Trinajstić information content (AvgIpc) is 2.52. The number of hydrogen-bond acceptors (Lipinski definition) is 6. The fraction of sp³-hybridized carbons (Fsp3) is 0.625. The molecule has 2 amide bonds. The summed E-state index contributed by atoms with van der Waals surface area (Å²) < 4.78 is 0. The van der Waals surface area contributed by atoms with E-state index >= 15 is 0 Å². The van der Waals surface area contributed by atoms with E-state index in [0.717, 1.165) is 13.1 Å². The van der Waals surface area contributed by atoms with E-state index in [4.69, 9.17) is 0 Å². The maximum Gasteiger partial charge on any atom is 0.234 e. The number of amides is 2. The number of thioether (sulfide) groups is 1. The molecule has 1 aromatic rings. The van der Waals surface area contributed by atoms with E-state index in [2.05, 4.69) is 20.2 Å². The summed E-state index contributed by atoms with van der Waals surface area (Å²) in [7, 11) is 0. The first-order valence-corrected chi connectivity index (χ1v) is 9.03. The van der Waals surface area contributed by atoms with E-state index in [1.165, 1.54) is 11.8 Å². The molecule has 0 aromatic carbocycles. The van der Waals surface area contributed by atoms with Crippen molar-refractivity contribution in [3.63, 3.8) is 0 Å². The van der Waals surface area contributed by atoms with Crippen LogP contribution in [0.5, 0.6) is 0 Å². The van der Waals surface area contributed by atoms with Crippen LogP contribution in [0.4, 0.5) is 0 Å². The third kappa shape index (κ3) is 6.45. The molecule has 0 bridgehead atoms. The molecule has 2 rings (SSSR count). The van der Waals surface area contributed by atoms with Gasteiger partial charge in [-0.15, -0.1) is 0 Å². The monoisotopic (exact) mass is 351 g/mol. The molecule has 1 aliphatic heterocycles. The standard InChI is InChI=1S/C16H25N5O2S/c1-16(2,3)19-13(22)11-20-7-9-21(10-8-20)14(23)12-24-15-17-5-4-6-18-15/h4-6H,7-12H2,1-3H3,(H,19,22). The molecule has 0 saturated carbocycles. The lowest BCUT2D eigenvalue weighted by molar-refractivity contribution is -0.130. The third-order valence-electron chi connectivity index (χ3n) is 3.47. The van der Waals surface area contributed by atoms with Crippen molar-refractivity contribution in [2.24, 2.45) is 0 Å². The molecule has 1 N–H and O–H groups in total. The molecule has 0 radical (unpaired) electrons. The Morgan fingerprint density at radius 3 is 2.38 bits per heavy atom. The number of carbonyl (C=O) groups is 2. The molecule has 0 spiro atoms. The lowest BCUT2D eigenvalue weighted by atomic mass is 10.1. The van der Waals surface area contributed by atoms with Crippen LogP contribution >= 0.6 is 11.8 Å². The van der Waals surface area contributed by atoms with Crippen molar-refractivity contribution in [1.82, 2.24) is 25.1 Å². The Morgan fingerprint density at radius 1 is 1.17 bits per heavy atom. The van der Waals surface area contributed by atoms with Gasteiger partial charge in [0, 0.05) is 44.1 Å². The van der Waals surface area contributed by atoms with E-state index in [1.54, 1.807) is 18.5 Å². The summed E-state index contributed by atoms with van der Waals surface area (Å²) in [5, 5.41) is 3.57. The van der Waals surface area contributed by atoms with Gasteiger partial charge < -0.3 is 10.2 Å². The first-order chi connectivity index (χ1) is 11.3. The van der Waals surface area contributed by atoms with Crippen molar-refractivity contribution >= 4 is 23.6 Å². The number of rotatable bonds is 5. The molecule has 1 fully saturated rings. The Hall–Kier alpha value is -1.67. The van der Waals surface area contributed by atoms with Gasteiger partial charge in [0.25, 0.3) is 0 Å². The van der Waals surface area contributed by atoms with Crippen molar-refractivity contribution in [3.05, 3.63) is 18.5 Å². The van der Waals surface area contributed by atoms with Gasteiger partial charge in [0.15, 0.2) is 5.16 Å². The molecule has 8 heteroatoms. The molecule has 7 nitrogen and oxygen atoms in total. The van der Waals surface area contributed by atoms with Gasteiger partial charge in [-0.25, -0.2) is 9.97 Å². The van der Waals surface area contributed by atoms with Crippen molar-refractivity contribution in [1.29, 1.82) is 0 Å². The Kier molecular flexibility index (Phi) is 6.56. The van der Waals surface area contributed by atoms with Crippen molar-refractivity contribution in [3.8, 4) is 0 Å². The Balaban J connectivity index is 1.70. The fourth-order valence-electron chi connectivity index (χ4n) is 2.39. The fourth-order valence-corrected chi connectivity index (χ4v) is 3.10. The van der Waals surface area contributed by atoms with E-state index < -0.39 is 0 Å². The maximum absolute atomic E-state index is 12.2. The van der Waals surface area contributed by atoms with Crippen LogP contribution in [0.15, 0.2) is 23.6 Å². The minimum absolute atomic E-state index is 0.0269. The minimum Gasteiger partial charge on any atom is -0.350 e. The van der Waals surface area contributed by atoms with E-state index in [0.29, 0.717) is 30.5 Å². The number of nitrogens with one attached hydrogen (secondary N) is 1. The minimum atomic E-state index is -0.217. The SMILES string of the molecule is CC(C)(C)NC(=O)CN1CCN(C(=O)CSc2ncccn2)CC1. The Bertz CT molecular complexity index is 553. The number of piperazine rings is 1. The van der Waals surface area contributed by atoms with Gasteiger partial charge in [-0.1, -0.05) is 11.8 Å². The maximum atomic E-state index is 12.2. The highest BCUT2D eigenvalue weighted by Crippen LogP contribution is 2.13. The van der Waals surface area contributed by atoms with Crippen LogP contribution < -0.4 is 5.32 Å². The summed E-state index contributed by atoms with van der Waals surface area (Å²) in [5.74, 6) is 0.458. The van der Waals surface area contributed by atoms with Gasteiger partial charge in [-0.2, -0.15) is 0 Å². The normalized spacial score (nSPS) is 16.0. The lowest BCUT2D eigenvalue weighted by Crippen LogP contribution is -2.53. The van der Waals surface area contributed by atoms with Crippen LogP contribution in [0.3, 0.4) is 0 Å². The predicted octanol–water partition coefficient (Wildman–Crippen LogP) is 0.628. The highest BCUT2D eigenvalue weighted by atomic mass is 32.2. The predicted molar refractivity (Wildman–Crippen MR) is 93.7 cm³/mol. The second-order valence-electron chi connectivity index (χ2n) is 6.78. The topological polar surface area (TPSA) is 78.4 Å². The van der Waals surface area contributed by atoms with Crippen molar-refractivity contribution in [2.75, 3.05) is 38.5 Å². The van der Waals surface area contributed by atoms with E-state index in [-0.39, 0.29) is 17.4 Å². The molecular formula is C16H25N5O2S. The van der Waals surface area contributed by atoms with Gasteiger partial charge in [0.2, 0.25) is 11.8 Å². The number of carbonyl (C=O) groups excluding carboxylic acids is 2. The van der Waals surface area contributed by atoms with Gasteiger partial charge in [0.05, 0.1) is 12.3 Å². The molecule has 1 saturated heterocycles. The van der Waals surface area contributed by atoms with E-state index in [1.807, 2.05) is 25.7 Å². The average molecular weight is 351 g/mol. The highest BCUT2D eigenvalue weighted by molar-refractivity contribution is 7.99. The first kappa shape index (κ1) is 18.7. The summed E-state index contributed by atoms with van der Waals surface area (Å²) in [4.78, 5) is 36.3. The second kappa shape index (κ2) is 8.43. The Labute approximate surface area is 147 Å². The van der Waals surface area contributed by atoms with Gasteiger partial charge in [-0.3, -0.25) is 14.5 Å². The molecule has 0 aliphatic carbocycles. The van der Waals surface area contributed by atoms with Crippen LogP contribution in [0.2, 0.25) is 0 Å². The zero-order valence-corrected chi connectivity index (χ0v) is 15.3. The molecular weight excluding hydrogens is 326 g/mol. The van der Waals surface area contributed by atoms with Gasteiger partial charge in [-0.05, 0) is 26.8 Å². The summed E-state index contributed by atoms with van der Waals surface area (Å²) in [6.45, 7) is 9.02. The first-order valence-electron chi connectivity index (χ1n) is 8.04. The number of hydrogen-bond donors (Lipinski definition) is 1. The summed E-state index contributed by atoms with van der Waals surface area (Å²) in [5.41, 5.74) is -0.217.